The smallest absolute Gasteiger partial charge is 0.388 e. The molecular formula is C12H12F3N3O5. The summed E-state index contributed by atoms with van der Waals surface area (Å²) in [6.45, 7) is -0.222. The Morgan fingerprint density at radius 1 is 1.17 bits per heavy atom. The minimum Gasteiger partial charge on any atom is -0.388 e. The van der Waals surface area contributed by atoms with E-state index in [1.54, 1.807) is 0 Å². The summed E-state index contributed by atoms with van der Waals surface area (Å²) in [4.78, 5) is 19.7. The summed E-state index contributed by atoms with van der Waals surface area (Å²) in [5, 5.41) is 34.3. The molecule has 11 heteroatoms. The average molecular weight is 335 g/mol. The van der Waals surface area contributed by atoms with Crippen LogP contribution in [0.4, 0.5) is 30.2 Å². The number of alkyl halides is 3. The Kier molecular flexibility index (Phi) is 4.16. The summed E-state index contributed by atoms with van der Waals surface area (Å²) in [5.41, 5.74) is -5.41. The minimum absolute atomic E-state index is 0.222. The average Bonchev–Trinajstić information content (AvgIpc) is 2.40. The van der Waals surface area contributed by atoms with Crippen molar-refractivity contribution in [1.82, 2.24) is 0 Å². The molecule has 2 rings (SSSR count). The van der Waals surface area contributed by atoms with Crippen LogP contribution >= 0.6 is 0 Å². The standard InChI is InChI=1S/C12H12F3N3O5/c13-12(14,15)7-4-8(17(20)21)10(9(5-7)18(22)23)16-6-11(19)2-1-3-11/h4-5,16,19H,1-3,6H2. The zero-order chi connectivity index (χ0) is 17.4. The Morgan fingerprint density at radius 3 is 1.96 bits per heavy atom. The van der Waals surface area contributed by atoms with Gasteiger partial charge in [0, 0.05) is 18.7 Å². The molecular weight excluding hydrogens is 323 g/mol. The lowest BCUT2D eigenvalue weighted by atomic mass is 9.80. The SMILES string of the molecule is O=[N+]([O-])c1cc(C(F)(F)F)cc([N+](=O)[O-])c1NCC1(O)CCC1. The molecule has 0 aromatic heterocycles. The van der Waals surface area contributed by atoms with Crippen molar-refractivity contribution in [3.05, 3.63) is 37.9 Å². The van der Waals surface area contributed by atoms with Crippen LogP contribution in [0, 0.1) is 20.2 Å². The normalized spacial score (nSPS) is 16.5. The summed E-state index contributed by atoms with van der Waals surface area (Å²) in [5.74, 6) is 0. The minimum atomic E-state index is -4.96. The Balaban J connectivity index is 2.48. The van der Waals surface area contributed by atoms with E-state index in [0.717, 1.165) is 6.42 Å². The molecule has 1 aliphatic carbocycles. The Labute approximate surface area is 127 Å². The van der Waals surface area contributed by atoms with Crippen LogP contribution in [0.3, 0.4) is 0 Å². The summed E-state index contributed by atoms with van der Waals surface area (Å²) in [6, 6.07) is 0.473. The molecule has 2 N–H and O–H groups in total. The molecule has 1 aromatic carbocycles. The third-order valence-electron chi connectivity index (χ3n) is 3.70. The van der Waals surface area contributed by atoms with E-state index in [4.69, 9.17) is 0 Å². The van der Waals surface area contributed by atoms with E-state index in [9.17, 15) is 38.5 Å². The fourth-order valence-corrected chi connectivity index (χ4v) is 2.26. The lowest BCUT2D eigenvalue weighted by molar-refractivity contribution is -0.392. The van der Waals surface area contributed by atoms with Crippen LogP contribution in [0.1, 0.15) is 24.8 Å². The van der Waals surface area contributed by atoms with E-state index in [1.165, 1.54) is 0 Å². The molecule has 0 aliphatic heterocycles. The van der Waals surface area contributed by atoms with Crippen molar-refractivity contribution in [1.29, 1.82) is 0 Å². The Morgan fingerprint density at radius 2 is 1.65 bits per heavy atom. The number of hydrogen-bond donors (Lipinski definition) is 2. The van der Waals surface area contributed by atoms with Crippen LogP contribution in [-0.4, -0.2) is 27.1 Å². The van der Waals surface area contributed by atoms with Crippen molar-refractivity contribution in [3.63, 3.8) is 0 Å². The fourth-order valence-electron chi connectivity index (χ4n) is 2.26. The number of hydrogen-bond acceptors (Lipinski definition) is 6. The first kappa shape index (κ1) is 16.9. The number of benzene rings is 1. The summed E-state index contributed by atoms with van der Waals surface area (Å²) < 4.78 is 38.2. The largest absolute Gasteiger partial charge is 0.416 e. The van der Waals surface area contributed by atoms with Gasteiger partial charge in [0.2, 0.25) is 0 Å². The highest BCUT2D eigenvalue weighted by Gasteiger charge is 2.39. The van der Waals surface area contributed by atoms with Crippen molar-refractivity contribution in [2.75, 3.05) is 11.9 Å². The third-order valence-corrected chi connectivity index (χ3v) is 3.70. The number of aliphatic hydroxyl groups is 1. The van der Waals surface area contributed by atoms with E-state index in [-0.39, 0.29) is 18.7 Å². The highest BCUT2D eigenvalue weighted by molar-refractivity contribution is 5.75. The van der Waals surface area contributed by atoms with Crippen molar-refractivity contribution < 1.29 is 28.1 Å². The molecule has 0 amide bonds. The topological polar surface area (TPSA) is 119 Å². The van der Waals surface area contributed by atoms with Gasteiger partial charge in [-0.25, -0.2) is 0 Å². The maximum absolute atomic E-state index is 12.7. The molecule has 1 fully saturated rings. The van der Waals surface area contributed by atoms with Crippen LogP contribution in [0.15, 0.2) is 12.1 Å². The van der Waals surface area contributed by atoms with Gasteiger partial charge in [-0.2, -0.15) is 13.2 Å². The first-order valence-electron chi connectivity index (χ1n) is 6.54. The number of nitrogens with one attached hydrogen (secondary N) is 1. The van der Waals surface area contributed by atoms with Gasteiger partial charge in [-0.05, 0) is 19.3 Å². The maximum Gasteiger partial charge on any atom is 0.416 e. The zero-order valence-electron chi connectivity index (χ0n) is 11.6. The van der Waals surface area contributed by atoms with Crippen LogP contribution in [0.25, 0.3) is 0 Å². The van der Waals surface area contributed by atoms with Gasteiger partial charge in [-0.15, -0.1) is 0 Å². The van der Waals surface area contributed by atoms with Gasteiger partial charge in [0.15, 0.2) is 5.69 Å². The van der Waals surface area contributed by atoms with E-state index >= 15 is 0 Å². The van der Waals surface area contributed by atoms with Gasteiger partial charge >= 0.3 is 6.18 Å². The molecule has 1 aromatic rings. The molecule has 8 nitrogen and oxygen atoms in total. The van der Waals surface area contributed by atoms with Crippen LogP contribution < -0.4 is 5.32 Å². The highest BCUT2D eigenvalue weighted by Crippen LogP contribution is 2.42. The quantitative estimate of drug-likeness (QED) is 0.631. The van der Waals surface area contributed by atoms with E-state index in [1.807, 2.05) is 0 Å². The monoisotopic (exact) mass is 335 g/mol. The Hall–Kier alpha value is -2.43. The second-order valence-corrected chi connectivity index (χ2v) is 5.33. The van der Waals surface area contributed by atoms with E-state index in [0.29, 0.717) is 12.8 Å². The van der Waals surface area contributed by atoms with Gasteiger partial charge in [-0.1, -0.05) is 0 Å². The van der Waals surface area contributed by atoms with Crippen molar-refractivity contribution in [2.45, 2.75) is 31.0 Å². The van der Waals surface area contributed by atoms with Crippen molar-refractivity contribution >= 4 is 17.1 Å². The first-order valence-corrected chi connectivity index (χ1v) is 6.54. The number of nitro groups is 2. The molecule has 1 saturated carbocycles. The fraction of sp³-hybridized carbons (Fsp3) is 0.500. The lowest BCUT2D eigenvalue weighted by Gasteiger charge is -2.36. The number of nitro benzene ring substituents is 2. The molecule has 1 aliphatic rings. The molecule has 0 bridgehead atoms. The second-order valence-electron chi connectivity index (χ2n) is 5.33. The summed E-state index contributed by atoms with van der Waals surface area (Å²) in [6.07, 6.45) is -3.42. The molecule has 0 spiro atoms. The van der Waals surface area contributed by atoms with E-state index < -0.39 is 44.2 Å². The summed E-state index contributed by atoms with van der Waals surface area (Å²) >= 11 is 0. The predicted molar refractivity (Wildman–Crippen MR) is 72.0 cm³/mol. The van der Waals surface area contributed by atoms with Crippen LogP contribution in [-0.2, 0) is 6.18 Å². The molecule has 23 heavy (non-hydrogen) atoms. The molecule has 126 valence electrons. The molecule has 0 heterocycles. The molecule has 0 unspecified atom stereocenters. The van der Waals surface area contributed by atoms with Crippen molar-refractivity contribution in [2.24, 2.45) is 0 Å². The third kappa shape index (κ3) is 3.50. The number of nitrogens with zero attached hydrogens (tertiary/aromatic N) is 2. The van der Waals surface area contributed by atoms with Gasteiger partial charge in [0.05, 0.1) is 21.0 Å². The maximum atomic E-state index is 12.7. The van der Waals surface area contributed by atoms with E-state index in [2.05, 4.69) is 5.32 Å². The first-order chi connectivity index (χ1) is 10.5. The van der Waals surface area contributed by atoms with Crippen LogP contribution in [0.5, 0.6) is 0 Å². The van der Waals surface area contributed by atoms with Gasteiger partial charge in [0.1, 0.15) is 0 Å². The molecule has 0 saturated heterocycles. The number of rotatable bonds is 5. The van der Waals surface area contributed by atoms with Crippen molar-refractivity contribution in [3.8, 4) is 0 Å². The Bertz CT molecular complexity index is 623. The summed E-state index contributed by atoms with van der Waals surface area (Å²) in [7, 11) is 0. The second kappa shape index (κ2) is 5.65. The lowest BCUT2D eigenvalue weighted by Crippen LogP contribution is -2.43. The number of anilines is 1. The molecule has 0 radical (unpaired) electrons. The van der Waals surface area contributed by atoms with Gasteiger partial charge < -0.3 is 10.4 Å². The highest BCUT2D eigenvalue weighted by atomic mass is 19.4. The van der Waals surface area contributed by atoms with Gasteiger partial charge in [-0.3, -0.25) is 20.2 Å². The zero-order valence-corrected chi connectivity index (χ0v) is 11.6. The van der Waals surface area contributed by atoms with Gasteiger partial charge in [0.25, 0.3) is 11.4 Å². The molecule has 0 atom stereocenters. The number of halogens is 3. The van der Waals surface area contributed by atoms with Crippen LogP contribution in [0.2, 0.25) is 0 Å². The predicted octanol–water partition coefficient (Wildman–Crippen LogP) is 2.85.